The topological polar surface area (TPSA) is 30.5 Å². The van der Waals surface area contributed by atoms with E-state index < -0.39 is 0 Å². The average Bonchev–Trinajstić information content (AvgIpc) is 2.81. The van der Waals surface area contributed by atoms with Gasteiger partial charge in [0.05, 0.1) is 18.7 Å². The molecule has 16 heavy (non-hydrogen) atoms. The molecule has 1 aromatic rings. The molecule has 0 radical (unpaired) electrons. The highest BCUT2D eigenvalue weighted by Crippen LogP contribution is 2.39. The molecule has 0 saturated carbocycles. The van der Waals surface area contributed by atoms with Crippen molar-refractivity contribution in [2.45, 2.75) is 18.9 Å². The number of halogens is 1. The fraction of sp³-hybridized carbons (Fsp3) is 0.500. The fourth-order valence-electron chi connectivity index (χ4n) is 2.11. The van der Waals surface area contributed by atoms with Crippen LogP contribution in [0.5, 0.6) is 11.5 Å². The molecule has 1 N–H and O–H groups in total. The summed E-state index contributed by atoms with van der Waals surface area (Å²) in [6.07, 6.45) is 2.42. The number of benzene rings is 1. The Morgan fingerprint density at radius 1 is 1.31 bits per heavy atom. The minimum Gasteiger partial charge on any atom is -0.493 e. The Morgan fingerprint density at radius 3 is 2.69 bits per heavy atom. The van der Waals surface area contributed by atoms with Gasteiger partial charge in [-0.25, -0.2) is 0 Å². The second kappa shape index (κ2) is 5.06. The summed E-state index contributed by atoms with van der Waals surface area (Å²) in [6.45, 7) is 1.09. The summed E-state index contributed by atoms with van der Waals surface area (Å²) in [5.41, 5.74) is 1.25. The molecule has 88 valence electrons. The number of nitrogens with one attached hydrogen (secondary N) is 1. The molecule has 0 spiro atoms. The van der Waals surface area contributed by atoms with Crippen molar-refractivity contribution in [3.8, 4) is 11.5 Å². The van der Waals surface area contributed by atoms with Crippen LogP contribution in [0, 0.1) is 0 Å². The average molecular weight is 286 g/mol. The summed E-state index contributed by atoms with van der Waals surface area (Å²) < 4.78 is 11.6. The maximum atomic E-state index is 5.33. The normalized spacial score (nSPS) is 19.8. The number of rotatable bonds is 3. The SMILES string of the molecule is COc1cc([C@H]2CCCN2)cc(Br)c1OC. The van der Waals surface area contributed by atoms with Crippen LogP contribution in [0.15, 0.2) is 16.6 Å². The summed E-state index contributed by atoms with van der Waals surface area (Å²) >= 11 is 3.51. The third-order valence-electron chi connectivity index (χ3n) is 2.92. The molecule has 1 saturated heterocycles. The zero-order valence-electron chi connectivity index (χ0n) is 9.55. The Morgan fingerprint density at radius 2 is 2.12 bits per heavy atom. The highest BCUT2D eigenvalue weighted by Gasteiger charge is 2.19. The largest absolute Gasteiger partial charge is 0.493 e. The van der Waals surface area contributed by atoms with E-state index >= 15 is 0 Å². The standard InChI is InChI=1S/C12H16BrNO2/c1-15-11-7-8(10-4-3-5-14-10)6-9(13)12(11)16-2/h6-7,10,14H,3-5H2,1-2H3/t10-/m1/s1. The van der Waals surface area contributed by atoms with Crippen molar-refractivity contribution in [1.29, 1.82) is 0 Å². The zero-order valence-corrected chi connectivity index (χ0v) is 11.1. The van der Waals surface area contributed by atoms with Crippen molar-refractivity contribution < 1.29 is 9.47 Å². The van der Waals surface area contributed by atoms with Gasteiger partial charge in [0.2, 0.25) is 0 Å². The lowest BCUT2D eigenvalue weighted by atomic mass is 10.0. The van der Waals surface area contributed by atoms with Crippen molar-refractivity contribution in [3.05, 3.63) is 22.2 Å². The van der Waals surface area contributed by atoms with E-state index in [0.717, 1.165) is 22.5 Å². The van der Waals surface area contributed by atoms with Crippen molar-refractivity contribution in [2.24, 2.45) is 0 Å². The van der Waals surface area contributed by atoms with E-state index in [9.17, 15) is 0 Å². The van der Waals surface area contributed by atoms with Crippen LogP contribution in [0.3, 0.4) is 0 Å². The Kier molecular flexibility index (Phi) is 3.71. The lowest BCUT2D eigenvalue weighted by molar-refractivity contribution is 0.352. The van der Waals surface area contributed by atoms with Crippen molar-refractivity contribution in [1.82, 2.24) is 5.32 Å². The van der Waals surface area contributed by atoms with E-state index in [1.807, 2.05) is 6.07 Å². The molecule has 0 aliphatic carbocycles. The van der Waals surface area contributed by atoms with Gasteiger partial charge in [0.15, 0.2) is 11.5 Å². The predicted octanol–water partition coefficient (Wildman–Crippen LogP) is 2.89. The highest BCUT2D eigenvalue weighted by molar-refractivity contribution is 9.10. The molecule has 1 heterocycles. The van der Waals surface area contributed by atoms with Crippen molar-refractivity contribution in [2.75, 3.05) is 20.8 Å². The van der Waals surface area contributed by atoms with E-state index in [2.05, 4.69) is 27.3 Å². The first-order chi connectivity index (χ1) is 7.76. The Bertz CT molecular complexity index is 376. The van der Waals surface area contributed by atoms with Crippen LogP contribution >= 0.6 is 15.9 Å². The molecule has 1 aromatic carbocycles. The Hall–Kier alpha value is -0.740. The molecule has 0 unspecified atom stereocenters. The van der Waals surface area contributed by atoms with Gasteiger partial charge < -0.3 is 14.8 Å². The monoisotopic (exact) mass is 285 g/mol. The summed E-state index contributed by atoms with van der Waals surface area (Å²) in [6, 6.07) is 4.59. The van der Waals surface area contributed by atoms with Gasteiger partial charge in [0, 0.05) is 6.04 Å². The lowest BCUT2D eigenvalue weighted by Crippen LogP contribution is -2.13. The molecular formula is C12H16BrNO2. The van der Waals surface area contributed by atoms with Gasteiger partial charge in [-0.3, -0.25) is 0 Å². The molecule has 1 aliphatic rings. The smallest absolute Gasteiger partial charge is 0.174 e. The third kappa shape index (κ3) is 2.18. The predicted molar refractivity (Wildman–Crippen MR) is 67.2 cm³/mol. The van der Waals surface area contributed by atoms with E-state index in [1.165, 1.54) is 18.4 Å². The summed E-state index contributed by atoms with van der Waals surface area (Å²) in [4.78, 5) is 0. The van der Waals surface area contributed by atoms with Crippen LogP contribution in [-0.2, 0) is 0 Å². The van der Waals surface area contributed by atoms with Crippen molar-refractivity contribution >= 4 is 15.9 Å². The van der Waals surface area contributed by atoms with Gasteiger partial charge in [-0.2, -0.15) is 0 Å². The van der Waals surface area contributed by atoms with Gasteiger partial charge in [-0.05, 0) is 53.0 Å². The first-order valence-electron chi connectivity index (χ1n) is 5.41. The highest BCUT2D eigenvalue weighted by atomic mass is 79.9. The second-order valence-corrected chi connectivity index (χ2v) is 4.74. The molecule has 1 atom stereocenters. The lowest BCUT2D eigenvalue weighted by Gasteiger charge is -2.15. The van der Waals surface area contributed by atoms with E-state index in [-0.39, 0.29) is 0 Å². The molecule has 2 rings (SSSR count). The zero-order chi connectivity index (χ0) is 11.5. The van der Waals surface area contributed by atoms with Crippen LogP contribution in [0.25, 0.3) is 0 Å². The van der Waals surface area contributed by atoms with Crippen LogP contribution in [0.1, 0.15) is 24.4 Å². The van der Waals surface area contributed by atoms with Crippen LogP contribution in [-0.4, -0.2) is 20.8 Å². The quantitative estimate of drug-likeness (QED) is 0.926. The fourth-order valence-corrected chi connectivity index (χ4v) is 2.73. The van der Waals surface area contributed by atoms with Gasteiger partial charge in [0.1, 0.15) is 0 Å². The Labute approximate surface area is 104 Å². The molecule has 0 aromatic heterocycles. The van der Waals surface area contributed by atoms with E-state index in [4.69, 9.17) is 9.47 Å². The van der Waals surface area contributed by atoms with Gasteiger partial charge in [-0.1, -0.05) is 0 Å². The van der Waals surface area contributed by atoms with Gasteiger partial charge in [0.25, 0.3) is 0 Å². The molecule has 0 bridgehead atoms. The van der Waals surface area contributed by atoms with Crippen LogP contribution in [0.4, 0.5) is 0 Å². The Balaban J connectivity index is 2.36. The first-order valence-corrected chi connectivity index (χ1v) is 6.20. The molecule has 1 aliphatic heterocycles. The van der Waals surface area contributed by atoms with Gasteiger partial charge in [-0.15, -0.1) is 0 Å². The number of ether oxygens (including phenoxy) is 2. The third-order valence-corrected chi connectivity index (χ3v) is 3.51. The number of hydrogen-bond acceptors (Lipinski definition) is 3. The molecule has 0 amide bonds. The molecular weight excluding hydrogens is 270 g/mol. The first kappa shape index (κ1) is 11.7. The second-order valence-electron chi connectivity index (χ2n) is 3.89. The number of hydrogen-bond donors (Lipinski definition) is 1. The molecule has 4 heteroatoms. The minimum absolute atomic E-state index is 0.441. The van der Waals surface area contributed by atoms with Gasteiger partial charge >= 0.3 is 0 Å². The summed E-state index contributed by atoms with van der Waals surface area (Å²) in [7, 11) is 3.31. The summed E-state index contributed by atoms with van der Waals surface area (Å²) in [5.74, 6) is 1.53. The molecule has 1 fully saturated rings. The maximum Gasteiger partial charge on any atom is 0.174 e. The minimum atomic E-state index is 0.441. The van der Waals surface area contributed by atoms with Crippen LogP contribution < -0.4 is 14.8 Å². The maximum absolute atomic E-state index is 5.33. The number of methoxy groups -OCH3 is 2. The van der Waals surface area contributed by atoms with E-state index in [0.29, 0.717) is 6.04 Å². The van der Waals surface area contributed by atoms with Crippen molar-refractivity contribution in [3.63, 3.8) is 0 Å². The summed E-state index contributed by atoms with van der Waals surface area (Å²) in [5, 5.41) is 3.47. The molecule has 3 nitrogen and oxygen atoms in total. The van der Waals surface area contributed by atoms with E-state index in [1.54, 1.807) is 14.2 Å². The van der Waals surface area contributed by atoms with Crippen LogP contribution in [0.2, 0.25) is 0 Å².